The molecule has 1 heterocycles. The van der Waals surface area contributed by atoms with Crippen molar-refractivity contribution in [1.82, 2.24) is 4.98 Å². The summed E-state index contributed by atoms with van der Waals surface area (Å²) < 4.78 is 26.6. The average Bonchev–Trinajstić information content (AvgIpc) is 2.56. The van der Waals surface area contributed by atoms with E-state index in [1.807, 2.05) is 13.8 Å². The molecule has 2 atom stereocenters. The average molecular weight is 275 g/mol. The molecule has 1 saturated carbocycles. The second-order valence-corrected chi connectivity index (χ2v) is 6.52. The van der Waals surface area contributed by atoms with Crippen molar-refractivity contribution < 1.29 is 13.9 Å². The number of alkyl halides is 2. The molecule has 102 valence electrons. The zero-order valence-corrected chi connectivity index (χ0v) is 11.6. The van der Waals surface area contributed by atoms with Crippen molar-refractivity contribution in [3.05, 3.63) is 15.6 Å². The first kappa shape index (κ1) is 13.9. The minimum Gasteiger partial charge on any atom is -0.392 e. The summed E-state index contributed by atoms with van der Waals surface area (Å²) in [5.41, 5.74) is 0.969. The van der Waals surface area contributed by atoms with Crippen LogP contribution in [-0.4, -0.2) is 22.1 Å². The smallest absolute Gasteiger partial charge is 0.248 e. The van der Waals surface area contributed by atoms with Crippen LogP contribution in [0.15, 0.2) is 0 Å². The Morgan fingerprint density at radius 1 is 1.50 bits per heavy atom. The van der Waals surface area contributed by atoms with Crippen molar-refractivity contribution in [2.75, 3.05) is 0 Å². The van der Waals surface area contributed by atoms with Crippen molar-refractivity contribution in [1.29, 1.82) is 0 Å². The fraction of sp³-hybridized carbons (Fsp3) is 0.769. The standard InChI is InChI=1S/C13H19F2NOS/c1-8-9(2)18-12(16-8)6-11(17)10-4-3-5-13(14,15)7-10/h10-11,17H,3-7H2,1-2H3. The number of hydrogen-bond donors (Lipinski definition) is 1. The highest BCUT2D eigenvalue weighted by Crippen LogP contribution is 2.38. The Hall–Kier alpha value is -0.550. The van der Waals surface area contributed by atoms with Crippen molar-refractivity contribution >= 4 is 11.3 Å². The summed E-state index contributed by atoms with van der Waals surface area (Å²) in [4.78, 5) is 5.48. The van der Waals surface area contributed by atoms with Gasteiger partial charge in [-0.15, -0.1) is 11.3 Å². The molecule has 0 amide bonds. The SMILES string of the molecule is Cc1nc(CC(O)C2CCCC(F)(F)C2)sc1C. The molecular weight excluding hydrogens is 256 g/mol. The van der Waals surface area contributed by atoms with E-state index in [1.165, 1.54) is 0 Å². The van der Waals surface area contributed by atoms with Gasteiger partial charge in [0.05, 0.1) is 16.8 Å². The molecule has 0 bridgehead atoms. The maximum Gasteiger partial charge on any atom is 0.248 e. The van der Waals surface area contributed by atoms with Gasteiger partial charge in [0.15, 0.2) is 0 Å². The lowest BCUT2D eigenvalue weighted by atomic mass is 9.82. The van der Waals surface area contributed by atoms with Crippen LogP contribution in [0.2, 0.25) is 0 Å². The summed E-state index contributed by atoms with van der Waals surface area (Å²) in [6, 6.07) is 0. The molecule has 0 spiro atoms. The Kier molecular flexibility index (Phi) is 4.02. The molecular formula is C13H19F2NOS. The molecule has 2 nitrogen and oxygen atoms in total. The summed E-state index contributed by atoms with van der Waals surface area (Å²) in [5.74, 6) is -2.89. The fourth-order valence-corrected chi connectivity index (χ4v) is 3.49. The van der Waals surface area contributed by atoms with Crippen molar-refractivity contribution in [2.24, 2.45) is 5.92 Å². The van der Waals surface area contributed by atoms with Gasteiger partial charge in [-0.25, -0.2) is 13.8 Å². The minimum absolute atomic E-state index is 0.0360. The molecule has 0 aliphatic heterocycles. The number of hydrogen-bond acceptors (Lipinski definition) is 3. The summed E-state index contributed by atoms with van der Waals surface area (Å²) in [7, 11) is 0. The van der Waals surface area contributed by atoms with Crippen LogP contribution >= 0.6 is 11.3 Å². The molecule has 5 heteroatoms. The van der Waals surface area contributed by atoms with Crippen LogP contribution in [0.25, 0.3) is 0 Å². The van der Waals surface area contributed by atoms with E-state index in [0.29, 0.717) is 19.3 Å². The van der Waals surface area contributed by atoms with Crippen molar-refractivity contribution in [3.8, 4) is 0 Å². The van der Waals surface area contributed by atoms with Gasteiger partial charge in [0.2, 0.25) is 5.92 Å². The maximum atomic E-state index is 13.3. The monoisotopic (exact) mass is 275 g/mol. The minimum atomic E-state index is -2.60. The van der Waals surface area contributed by atoms with E-state index in [4.69, 9.17) is 0 Å². The molecule has 1 aromatic heterocycles. The van der Waals surface area contributed by atoms with Crippen LogP contribution in [0.4, 0.5) is 8.78 Å². The number of aromatic nitrogens is 1. The molecule has 0 aromatic carbocycles. The highest BCUT2D eigenvalue weighted by Gasteiger charge is 2.39. The molecule has 0 radical (unpaired) electrons. The summed E-state index contributed by atoms with van der Waals surface area (Å²) in [5, 5.41) is 10.9. The second kappa shape index (κ2) is 5.21. The number of thiazole rings is 1. The Morgan fingerprint density at radius 3 is 2.78 bits per heavy atom. The van der Waals surface area contributed by atoms with E-state index in [-0.39, 0.29) is 18.8 Å². The third-order valence-electron chi connectivity index (χ3n) is 3.68. The highest BCUT2D eigenvalue weighted by atomic mass is 32.1. The first-order valence-corrected chi connectivity index (χ1v) is 7.18. The molecule has 1 N–H and O–H groups in total. The van der Waals surface area contributed by atoms with Gasteiger partial charge in [0.25, 0.3) is 0 Å². The number of aliphatic hydroxyl groups excluding tert-OH is 1. The normalized spacial score (nSPS) is 25.1. The van der Waals surface area contributed by atoms with Crippen molar-refractivity contribution in [2.45, 2.75) is 58.0 Å². The van der Waals surface area contributed by atoms with Gasteiger partial charge in [-0.05, 0) is 32.6 Å². The number of aryl methyl sites for hydroxylation is 2. The lowest BCUT2D eigenvalue weighted by Crippen LogP contribution is -2.34. The Labute approximate surface area is 110 Å². The largest absolute Gasteiger partial charge is 0.392 e. The fourth-order valence-electron chi connectivity index (χ4n) is 2.51. The van der Waals surface area contributed by atoms with Crippen LogP contribution in [0.5, 0.6) is 0 Å². The van der Waals surface area contributed by atoms with Crippen LogP contribution < -0.4 is 0 Å². The zero-order valence-electron chi connectivity index (χ0n) is 10.7. The van der Waals surface area contributed by atoms with Gasteiger partial charge in [-0.2, -0.15) is 0 Å². The number of nitrogens with zero attached hydrogens (tertiary/aromatic N) is 1. The summed E-state index contributed by atoms with van der Waals surface area (Å²) in [6.45, 7) is 3.91. The first-order chi connectivity index (χ1) is 8.37. The Bertz CT molecular complexity index is 400. The lowest BCUT2D eigenvalue weighted by Gasteiger charge is -2.31. The topological polar surface area (TPSA) is 33.1 Å². The van der Waals surface area contributed by atoms with Gasteiger partial charge in [0.1, 0.15) is 0 Å². The zero-order chi connectivity index (χ0) is 13.3. The number of aliphatic hydroxyl groups is 1. The van der Waals surface area contributed by atoms with Gasteiger partial charge in [0, 0.05) is 24.1 Å². The van der Waals surface area contributed by atoms with E-state index in [2.05, 4.69) is 4.98 Å². The van der Waals surface area contributed by atoms with Crippen LogP contribution in [-0.2, 0) is 6.42 Å². The van der Waals surface area contributed by atoms with E-state index in [9.17, 15) is 13.9 Å². The summed E-state index contributed by atoms with van der Waals surface area (Å²) >= 11 is 1.55. The third-order valence-corrected chi connectivity index (χ3v) is 4.77. The third kappa shape index (κ3) is 3.26. The van der Waals surface area contributed by atoms with Gasteiger partial charge < -0.3 is 5.11 Å². The Balaban J connectivity index is 1.97. The molecule has 0 saturated heterocycles. The van der Waals surface area contributed by atoms with Gasteiger partial charge in [-0.1, -0.05) is 0 Å². The van der Waals surface area contributed by atoms with Crippen LogP contribution in [0.3, 0.4) is 0 Å². The van der Waals surface area contributed by atoms with Crippen molar-refractivity contribution in [3.63, 3.8) is 0 Å². The van der Waals surface area contributed by atoms with E-state index in [1.54, 1.807) is 11.3 Å². The first-order valence-electron chi connectivity index (χ1n) is 6.36. The molecule has 1 aliphatic rings. The number of halogens is 2. The lowest BCUT2D eigenvalue weighted by molar-refractivity contribution is -0.0752. The van der Waals surface area contributed by atoms with Crippen LogP contribution in [0.1, 0.15) is 41.3 Å². The molecule has 2 rings (SSSR count). The van der Waals surface area contributed by atoms with Gasteiger partial charge >= 0.3 is 0 Å². The molecule has 18 heavy (non-hydrogen) atoms. The predicted octanol–water partition coefficient (Wildman–Crippen LogP) is 3.49. The van der Waals surface area contributed by atoms with E-state index >= 15 is 0 Å². The molecule has 2 unspecified atom stereocenters. The quantitative estimate of drug-likeness (QED) is 0.916. The van der Waals surface area contributed by atoms with Crippen LogP contribution in [0, 0.1) is 19.8 Å². The second-order valence-electron chi connectivity index (χ2n) is 5.23. The molecule has 1 fully saturated rings. The van der Waals surface area contributed by atoms with E-state index < -0.39 is 12.0 Å². The summed E-state index contributed by atoms with van der Waals surface area (Å²) in [6.07, 6.45) is 0.690. The maximum absolute atomic E-state index is 13.3. The molecule has 1 aromatic rings. The van der Waals surface area contributed by atoms with E-state index in [0.717, 1.165) is 15.6 Å². The van der Waals surface area contributed by atoms with Gasteiger partial charge in [-0.3, -0.25) is 0 Å². The predicted molar refractivity (Wildman–Crippen MR) is 68.2 cm³/mol. The Morgan fingerprint density at radius 2 is 2.22 bits per heavy atom. The number of rotatable bonds is 3. The highest BCUT2D eigenvalue weighted by molar-refractivity contribution is 7.11. The molecule has 1 aliphatic carbocycles.